The summed E-state index contributed by atoms with van der Waals surface area (Å²) in [5.74, 6) is -0.556. The maximum atomic E-state index is 12.3. The zero-order valence-corrected chi connectivity index (χ0v) is 14.9. The highest BCUT2D eigenvalue weighted by Gasteiger charge is 2.11. The summed E-state index contributed by atoms with van der Waals surface area (Å²) in [6, 6.07) is 22.4. The van der Waals surface area contributed by atoms with Crippen LogP contribution in [0.2, 0.25) is 0 Å². The van der Waals surface area contributed by atoms with Crippen LogP contribution in [-0.4, -0.2) is 23.3 Å². The largest absolute Gasteiger partial charge is 0.351 e. The van der Waals surface area contributed by atoms with Gasteiger partial charge in [-0.1, -0.05) is 48.5 Å². The monoisotopic (exact) mass is 359 g/mol. The minimum absolute atomic E-state index is 0.232. The van der Waals surface area contributed by atoms with Gasteiger partial charge in [0.2, 0.25) is 0 Å². The Morgan fingerprint density at radius 1 is 0.852 bits per heavy atom. The minimum atomic E-state index is -0.280. The first-order chi connectivity index (χ1) is 13.2. The molecule has 27 heavy (non-hydrogen) atoms. The fourth-order valence-corrected chi connectivity index (χ4v) is 2.65. The van der Waals surface area contributed by atoms with Crippen molar-refractivity contribution >= 4 is 17.5 Å². The second kappa shape index (κ2) is 9.29. The number of aryl methyl sites for hydroxylation is 1. The van der Waals surface area contributed by atoms with Crippen LogP contribution >= 0.6 is 0 Å². The molecule has 5 nitrogen and oxygen atoms in total. The standard InChI is InChI=1S/C22H21N3O2/c26-21(25-19-11-5-2-6-12-19)18-13-15-23-20(16-18)22(27)24-14-7-10-17-8-3-1-4-9-17/h1-6,8-9,11-13,15-16H,7,10,14H2,(H,24,27)(H,25,26). The number of anilines is 1. The van der Waals surface area contributed by atoms with E-state index in [0.29, 0.717) is 17.8 Å². The molecule has 0 fully saturated rings. The van der Waals surface area contributed by atoms with E-state index in [1.54, 1.807) is 18.2 Å². The van der Waals surface area contributed by atoms with Crippen molar-refractivity contribution in [2.45, 2.75) is 12.8 Å². The Kier molecular flexibility index (Phi) is 6.30. The van der Waals surface area contributed by atoms with Gasteiger partial charge >= 0.3 is 0 Å². The first-order valence-electron chi connectivity index (χ1n) is 8.87. The number of hydrogen-bond acceptors (Lipinski definition) is 3. The van der Waals surface area contributed by atoms with E-state index in [-0.39, 0.29) is 17.5 Å². The fraction of sp³-hybridized carbons (Fsp3) is 0.136. The van der Waals surface area contributed by atoms with Crippen LogP contribution in [0, 0.1) is 0 Å². The molecular weight excluding hydrogens is 338 g/mol. The number of rotatable bonds is 7. The highest BCUT2D eigenvalue weighted by atomic mass is 16.2. The van der Waals surface area contributed by atoms with Gasteiger partial charge in [0.15, 0.2) is 0 Å². The van der Waals surface area contributed by atoms with Crippen LogP contribution in [0.5, 0.6) is 0 Å². The van der Waals surface area contributed by atoms with E-state index in [1.165, 1.54) is 17.8 Å². The van der Waals surface area contributed by atoms with Crippen LogP contribution in [0.25, 0.3) is 0 Å². The van der Waals surface area contributed by atoms with E-state index >= 15 is 0 Å². The summed E-state index contributed by atoms with van der Waals surface area (Å²) >= 11 is 0. The third-order valence-corrected chi connectivity index (χ3v) is 4.06. The topological polar surface area (TPSA) is 71.1 Å². The number of hydrogen-bond donors (Lipinski definition) is 2. The molecule has 136 valence electrons. The van der Waals surface area contributed by atoms with Crippen molar-refractivity contribution < 1.29 is 9.59 Å². The van der Waals surface area contributed by atoms with Crippen molar-refractivity contribution in [1.29, 1.82) is 0 Å². The van der Waals surface area contributed by atoms with Gasteiger partial charge < -0.3 is 10.6 Å². The third-order valence-electron chi connectivity index (χ3n) is 4.06. The van der Waals surface area contributed by atoms with E-state index < -0.39 is 0 Å². The van der Waals surface area contributed by atoms with Gasteiger partial charge in [-0.15, -0.1) is 0 Å². The van der Waals surface area contributed by atoms with Gasteiger partial charge in [-0.2, -0.15) is 0 Å². The molecule has 5 heteroatoms. The zero-order valence-electron chi connectivity index (χ0n) is 14.9. The Morgan fingerprint density at radius 2 is 1.56 bits per heavy atom. The van der Waals surface area contributed by atoms with Gasteiger partial charge in [0.05, 0.1) is 0 Å². The molecule has 2 N–H and O–H groups in total. The predicted octanol–water partition coefficient (Wildman–Crippen LogP) is 3.70. The molecule has 0 atom stereocenters. The number of para-hydroxylation sites is 1. The van der Waals surface area contributed by atoms with Crippen LogP contribution < -0.4 is 10.6 Å². The van der Waals surface area contributed by atoms with Gasteiger partial charge in [0.25, 0.3) is 11.8 Å². The SMILES string of the molecule is O=C(Nc1ccccc1)c1ccnc(C(=O)NCCCc2ccccc2)c1. The van der Waals surface area contributed by atoms with Crippen LogP contribution in [-0.2, 0) is 6.42 Å². The molecule has 0 bridgehead atoms. The fourth-order valence-electron chi connectivity index (χ4n) is 2.65. The van der Waals surface area contributed by atoms with Crippen molar-refractivity contribution in [2.24, 2.45) is 0 Å². The molecule has 0 aliphatic rings. The van der Waals surface area contributed by atoms with Crippen molar-refractivity contribution in [3.8, 4) is 0 Å². The number of amides is 2. The predicted molar refractivity (Wildman–Crippen MR) is 106 cm³/mol. The lowest BCUT2D eigenvalue weighted by molar-refractivity contribution is 0.0948. The summed E-state index contributed by atoms with van der Waals surface area (Å²) < 4.78 is 0. The summed E-state index contributed by atoms with van der Waals surface area (Å²) in [5, 5.41) is 5.65. The van der Waals surface area contributed by atoms with E-state index in [4.69, 9.17) is 0 Å². The molecule has 0 saturated carbocycles. The lowest BCUT2D eigenvalue weighted by atomic mass is 10.1. The van der Waals surface area contributed by atoms with Gasteiger partial charge in [0.1, 0.15) is 5.69 Å². The maximum absolute atomic E-state index is 12.3. The number of benzene rings is 2. The molecule has 0 spiro atoms. The Balaban J connectivity index is 1.53. The minimum Gasteiger partial charge on any atom is -0.351 e. The van der Waals surface area contributed by atoms with Crippen molar-refractivity contribution in [3.63, 3.8) is 0 Å². The quantitative estimate of drug-likeness (QED) is 0.632. The number of carbonyl (C=O) groups excluding carboxylic acids is 2. The Labute approximate surface area is 158 Å². The van der Waals surface area contributed by atoms with Crippen molar-refractivity contribution in [1.82, 2.24) is 10.3 Å². The first kappa shape index (κ1) is 18.3. The average molecular weight is 359 g/mol. The normalized spacial score (nSPS) is 10.2. The maximum Gasteiger partial charge on any atom is 0.269 e. The molecule has 2 aromatic carbocycles. The van der Waals surface area contributed by atoms with Gasteiger partial charge in [-0.25, -0.2) is 0 Å². The molecular formula is C22H21N3O2. The summed E-state index contributed by atoms with van der Waals surface area (Å²) in [6.07, 6.45) is 3.21. The second-order valence-corrected chi connectivity index (χ2v) is 6.09. The molecule has 0 aliphatic heterocycles. The molecule has 2 amide bonds. The lowest BCUT2D eigenvalue weighted by Gasteiger charge is -2.07. The molecule has 3 aromatic rings. The van der Waals surface area contributed by atoms with Crippen LogP contribution in [0.15, 0.2) is 79.0 Å². The average Bonchev–Trinajstić information content (AvgIpc) is 2.72. The van der Waals surface area contributed by atoms with Gasteiger partial charge in [-0.3, -0.25) is 14.6 Å². The highest BCUT2D eigenvalue weighted by Crippen LogP contribution is 2.09. The zero-order chi connectivity index (χ0) is 18.9. The number of nitrogens with one attached hydrogen (secondary N) is 2. The van der Waals surface area contributed by atoms with Crippen LogP contribution in [0.1, 0.15) is 32.8 Å². The molecule has 0 radical (unpaired) electrons. The van der Waals surface area contributed by atoms with E-state index in [2.05, 4.69) is 27.8 Å². The summed E-state index contributed by atoms with van der Waals surface area (Å²) in [6.45, 7) is 0.551. The first-order valence-corrected chi connectivity index (χ1v) is 8.87. The Morgan fingerprint density at radius 3 is 2.30 bits per heavy atom. The van der Waals surface area contributed by atoms with Gasteiger partial charge in [-0.05, 0) is 42.7 Å². The lowest BCUT2D eigenvalue weighted by Crippen LogP contribution is -2.26. The van der Waals surface area contributed by atoms with Crippen molar-refractivity contribution in [2.75, 3.05) is 11.9 Å². The van der Waals surface area contributed by atoms with Crippen molar-refractivity contribution in [3.05, 3.63) is 95.8 Å². The summed E-state index contributed by atoms with van der Waals surface area (Å²) in [4.78, 5) is 28.7. The second-order valence-electron chi connectivity index (χ2n) is 6.09. The van der Waals surface area contributed by atoms with E-state index in [0.717, 1.165) is 12.8 Å². The number of nitrogens with zero attached hydrogens (tertiary/aromatic N) is 1. The summed E-state index contributed by atoms with van der Waals surface area (Å²) in [5.41, 5.74) is 2.56. The smallest absolute Gasteiger partial charge is 0.269 e. The number of carbonyl (C=O) groups is 2. The Bertz CT molecular complexity index is 896. The molecule has 1 heterocycles. The Hall–Kier alpha value is -3.47. The van der Waals surface area contributed by atoms with Crippen LogP contribution in [0.4, 0.5) is 5.69 Å². The van der Waals surface area contributed by atoms with E-state index in [9.17, 15) is 9.59 Å². The van der Waals surface area contributed by atoms with Gasteiger partial charge in [0, 0.05) is 24.0 Å². The van der Waals surface area contributed by atoms with Crippen LogP contribution in [0.3, 0.4) is 0 Å². The summed E-state index contributed by atoms with van der Waals surface area (Å²) in [7, 11) is 0. The highest BCUT2D eigenvalue weighted by molar-refractivity contribution is 6.05. The third kappa shape index (κ3) is 5.51. The molecule has 0 aliphatic carbocycles. The molecule has 3 rings (SSSR count). The van der Waals surface area contributed by atoms with E-state index in [1.807, 2.05) is 36.4 Å². The number of aromatic nitrogens is 1. The molecule has 0 saturated heterocycles. The molecule has 0 unspecified atom stereocenters. The number of pyridine rings is 1. The molecule has 1 aromatic heterocycles.